The van der Waals surface area contributed by atoms with Gasteiger partial charge >= 0.3 is 0 Å². The summed E-state index contributed by atoms with van der Waals surface area (Å²) in [5.41, 5.74) is 0.646. The van der Waals surface area contributed by atoms with E-state index in [1.807, 2.05) is 13.8 Å². The van der Waals surface area contributed by atoms with Gasteiger partial charge in [0.05, 0.1) is 12.5 Å². The number of nitrogens with zero attached hydrogens (tertiary/aromatic N) is 1. The van der Waals surface area contributed by atoms with Gasteiger partial charge in [0.2, 0.25) is 24.5 Å². The van der Waals surface area contributed by atoms with Crippen molar-refractivity contribution in [3.8, 4) is 11.5 Å². The van der Waals surface area contributed by atoms with Gasteiger partial charge in [-0.1, -0.05) is 13.8 Å². The third-order valence-corrected chi connectivity index (χ3v) is 5.17. The molecular weight excluding hydrogens is 390 g/mol. The third kappa shape index (κ3) is 5.02. The number of aliphatic hydroxyl groups excluding tert-OH is 1. The Morgan fingerprint density at radius 1 is 1.20 bits per heavy atom. The molecule has 164 valence electrons. The lowest BCUT2D eigenvalue weighted by molar-refractivity contribution is -0.132. The van der Waals surface area contributed by atoms with Crippen molar-refractivity contribution in [2.45, 2.75) is 45.7 Å². The van der Waals surface area contributed by atoms with E-state index in [4.69, 9.17) is 14.6 Å². The number of hydrogen-bond acceptors (Lipinski definition) is 6. The Kier molecular flexibility index (Phi) is 6.81. The van der Waals surface area contributed by atoms with Crippen LogP contribution in [-0.2, 0) is 14.4 Å². The standard InChI is InChI=1S/C21H29N3O6/c1-12(2)6-16(21(28)22-13(3)10-25)23-20(27)14-7-19(26)24(9-14)15-4-5-17-18(8-15)30-11-29-17/h4-5,8,12-14,16,25H,6-7,9-11H2,1-3H3,(H,22,28)(H,23,27). The molecule has 0 bridgehead atoms. The van der Waals surface area contributed by atoms with Crippen LogP contribution >= 0.6 is 0 Å². The van der Waals surface area contributed by atoms with Crippen LogP contribution in [0.1, 0.15) is 33.6 Å². The first-order valence-corrected chi connectivity index (χ1v) is 10.2. The number of hydrogen-bond donors (Lipinski definition) is 3. The molecule has 9 nitrogen and oxygen atoms in total. The monoisotopic (exact) mass is 419 g/mol. The van der Waals surface area contributed by atoms with Gasteiger partial charge < -0.3 is 30.1 Å². The Hall–Kier alpha value is -2.81. The number of anilines is 1. The van der Waals surface area contributed by atoms with Crippen LogP contribution in [0.2, 0.25) is 0 Å². The zero-order chi connectivity index (χ0) is 21.8. The van der Waals surface area contributed by atoms with Crippen molar-refractivity contribution in [1.29, 1.82) is 0 Å². The Morgan fingerprint density at radius 2 is 1.93 bits per heavy atom. The number of ether oxygens (including phenoxy) is 2. The number of rotatable bonds is 8. The second-order valence-electron chi connectivity index (χ2n) is 8.23. The highest BCUT2D eigenvalue weighted by molar-refractivity contribution is 6.01. The molecule has 30 heavy (non-hydrogen) atoms. The summed E-state index contributed by atoms with van der Waals surface area (Å²) in [7, 11) is 0. The van der Waals surface area contributed by atoms with Gasteiger partial charge in [-0.2, -0.15) is 0 Å². The molecular formula is C21H29N3O6. The minimum absolute atomic E-state index is 0.0728. The molecule has 3 N–H and O–H groups in total. The Bertz CT molecular complexity index is 812. The van der Waals surface area contributed by atoms with Crippen LogP contribution in [-0.4, -0.2) is 54.9 Å². The normalized spacial score (nSPS) is 19.7. The van der Waals surface area contributed by atoms with Gasteiger partial charge in [-0.25, -0.2) is 0 Å². The summed E-state index contributed by atoms with van der Waals surface area (Å²) in [5.74, 6) is -0.00643. The molecule has 0 radical (unpaired) electrons. The summed E-state index contributed by atoms with van der Waals surface area (Å²) in [6, 6.07) is 4.10. The molecule has 1 aromatic rings. The molecule has 1 aromatic carbocycles. The van der Waals surface area contributed by atoms with Crippen molar-refractivity contribution < 1.29 is 29.0 Å². The molecule has 2 aliphatic heterocycles. The van der Waals surface area contributed by atoms with E-state index < -0.39 is 18.0 Å². The van der Waals surface area contributed by atoms with Gasteiger partial charge in [0.15, 0.2) is 11.5 Å². The van der Waals surface area contributed by atoms with Crippen LogP contribution in [0.3, 0.4) is 0 Å². The maximum absolute atomic E-state index is 12.8. The van der Waals surface area contributed by atoms with E-state index in [9.17, 15) is 14.4 Å². The van der Waals surface area contributed by atoms with Crippen molar-refractivity contribution in [2.75, 3.05) is 24.8 Å². The molecule has 3 unspecified atom stereocenters. The van der Waals surface area contributed by atoms with Gasteiger partial charge in [0, 0.05) is 30.8 Å². The van der Waals surface area contributed by atoms with E-state index in [0.29, 0.717) is 23.6 Å². The van der Waals surface area contributed by atoms with E-state index in [1.165, 1.54) is 0 Å². The van der Waals surface area contributed by atoms with Crippen LogP contribution < -0.4 is 25.0 Å². The Labute approximate surface area is 175 Å². The lowest BCUT2D eigenvalue weighted by Gasteiger charge is -2.23. The lowest BCUT2D eigenvalue weighted by Crippen LogP contribution is -2.51. The number of fused-ring (bicyclic) bond motifs is 1. The lowest BCUT2D eigenvalue weighted by atomic mass is 10.0. The van der Waals surface area contributed by atoms with Crippen molar-refractivity contribution in [2.24, 2.45) is 11.8 Å². The minimum atomic E-state index is -0.721. The number of aliphatic hydroxyl groups is 1. The van der Waals surface area contributed by atoms with Crippen LogP contribution in [0, 0.1) is 11.8 Å². The molecule has 9 heteroatoms. The molecule has 0 spiro atoms. The van der Waals surface area contributed by atoms with Crippen LogP contribution in [0.15, 0.2) is 18.2 Å². The highest BCUT2D eigenvalue weighted by Crippen LogP contribution is 2.37. The third-order valence-electron chi connectivity index (χ3n) is 5.17. The topological polar surface area (TPSA) is 117 Å². The summed E-state index contributed by atoms with van der Waals surface area (Å²) in [4.78, 5) is 39.5. The zero-order valence-electron chi connectivity index (χ0n) is 17.5. The fourth-order valence-electron chi connectivity index (χ4n) is 3.57. The molecule has 2 heterocycles. The van der Waals surface area contributed by atoms with E-state index in [1.54, 1.807) is 30.0 Å². The molecule has 3 atom stereocenters. The quantitative estimate of drug-likeness (QED) is 0.574. The van der Waals surface area contributed by atoms with Gasteiger partial charge in [-0.3, -0.25) is 14.4 Å². The molecule has 0 saturated carbocycles. The fraction of sp³-hybridized carbons (Fsp3) is 0.571. The van der Waals surface area contributed by atoms with Gasteiger partial charge in [-0.05, 0) is 31.4 Å². The van der Waals surface area contributed by atoms with Crippen LogP contribution in [0.25, 0.3) is 0 Å². The molecule has 1 fully saturated rings. The zero-order valence-corrected chi connectivity index (χ0v) is 17.5. The number of nitrogens with one attached hydrogen (secondary N) is 2. The summed E-state index contributed by atoms with van der Waals surface area (Å²) in [6.45, 7) is 5.80. The van der Waals surface area contributed by atoms with Gasteiger partial charge in [-0.15, -0.1) is 0 Å². The minimum Gasteiger partial charge on any atom is -0.454 e. The van der Waals surface area contributed by atoms with Crippen molar-refractivity contribution in [3.05, 3.63) is 18.2 Å². The summed E-state index contributed by atoms with van der Waals surface area (Å²) < 4.78 is 10.7. The average Bonchev–Trinajstić information content (AvgIpc) is 3.32. The largest absolute Gasteiger partial charge is 0.454 e. The molecule has 3 rings (SSSR count). The first-order valence-electron chi connectivity index (χ1n) is 10.2. The maximum Gasteiger partial charge on any atom is 0.242 e. The summed E-state index contributed by atoms with van der Waals surface area (Å²) >= 11 is 0. The Morgan fingerprint density at radius 3 is 2.63 bits per heavy atom. The van der Waals surface area contributed by atoms with E-state index >= 15 is 0 Å². The predicted molar refractivity (Wildman–Crippen MR) is 109 cm³/mol. The summed E-state index contributed by atoms with van der Waals surface area (Å²) in [6.07, 6.45) is 0.533. The van der Waals surface area contributed by atoms with Crippen LogP contribution in [0.4, 0.5) is 5.69 Å². The van der Waals surface area contributed by atoms with Crippen LogP contribution in [0.5, 0.6) is 11.5 Å². The van der Waals surface area contributed by atoms with Crippen molar-refractivity contribution in [3.63, 3.8) is 0 Å². The highest BCUT2D eigenvalue weighted by Gasteiger charge is 2.37. The maximum atomic E-state index is 12.8. The molecule has 0 aromatic heterocycles. The van der Waals surface area contributed by atoms with Crippen molar-refractivity contribution >= 4 is 23.4 Å². The van der Waals surface area contributed by atoms with Gasteiger partial charge in [0.1, 0.15) is 6.04 Å². The number of amides is 3. The van der Waals surface area contributed by atoms with E-state index in [0.717, 1.165) is 0 Å². The second kappa shape index (κ2) is 9.34. The van der Waals surface area contributed by atoms with Gasteiger partial charge in [0.25, 0.3) is 0 Å². The first kappa shape index (κ1) is 21.9. The molecule has 2 aliphatic rings. The Balaban J connectivity index is 1.65. The molecule has 1 saturated heterocycles. The van der Waals surface area contributed by atoms with E-state index in [2.05, 4.69) is 10.6 Å². The number of carbonyl (C=O) groups excluding carboxylic acids is 3. The number of carbonyl (C=O) groups is 3. The fourth-order valence-corrected chi connectivity index (χ4v) is 3.57. The summed E-state index contributed by atoms with van der Waals surface area (Å²) in [5, 5.41) is 14.7. The molecule has 3 amide bonds. The smallest absolute Gasteiger partial charge is 0.242 e. The first-order chi connectivity index (χ1) is 14.3. The molecule has 0 aliphatic carbocycles. The SMILES string of the molecule is CC(C)CC(NC(=O)C1CC(=O)N(c2ccc3c(c2)OCO3)C1)C(=O)NC(C)CO. The second-order valence-corrected chi connectivity index (χ2v) is 8.23. The van der Waals surface area contributed by atoms with E-state index in [-0.39, 0.29) is 50.0 Å². The highest BCUT2D eigenvalue weighted by atomic mass is 16.7. The predicted octanol–water partition coefficient (Wildman–Crippen LogP) is 0.796. The number of benzene rings is 1. The van der Waals surface area contributed by atoms with Crippen molar-refractivity contribution in [1.82, 2.24) is 10.6 Å². The average molecular weight is 419 g/mol.